The van der Waals surface area contributed by atoms with Crippen LogP contribution in [0.15, 0.2) is 47.4 Å². The SMILES string of the molecule is CC(C)CC#Cc1ccc2c(c1)O[C@@H](CN(C)C(=O)Nc1ccccc1F)[C@@H](C)CN([C@H](C)CO)S2(=O)=O. The molecule has 2 aromatic rings. The number of sulfonamides is 1. The Labute approximate surface area is 224 Å². The van der Waals surface area contributed by atoms with Gasteiger partial charge in [0.1, 0.15) is 22.6 Å². The van der Waals surface area contributed by atoms with Gasteiger partial charge >= 0.3 is 6.03 Å². The number of carbonyl (C=O) groups excluding carboxylic acids is 1. The lowest BCUT2D eigenvalue weighted by Gasteiger charge is -2.37. The number of benzene rings is 2. The van der Waals surface area contributed by atoms with Crippen LogP contribution in [0.3, 0.4) is 0 Å². The molecule has 3 atom stereocenters. The number of aliphatic hydroxyl groups is 1. The van der Waals surface area contributed by atoms with Gasteiger partial charge in [0.25, 0.3) is 0 Å². The van der Waals surface area contributed by atoms with Crippen LogP contribution in [-0.2, 0) is 10.0 Å². The molecular formula is C28H36FN3O5S. The highest BCUT2D eigenvalue weighted by molar-refractivity contribution is 7.89. The minimum Gasteiger partial charge on any atom is -0.487 e. The van der Waals surface area contributed by atoms with Crippen molar-refractivity contribution in [3.8, 4) is 17.6 Å². The average molecular weight is 546 g/mol. The fraction of sp³-hybridized carbons (Fsp3) is 0.464. The number of likely N-dealkylation sites (N-methyl/N-ethyl adjacent to an activating group) is 1. The van der Waals surface area contributed by atoms with E-state index in [9.17, 15) is 22.7 Å². The van der Waals surface area contributed by atoms with E-state index < -0.39 is 34.0 Å². The summed E-state index contributed by atoms with van der Waals surface area (Å²) < 4.78 is 48.8. The number of aliphatic hydroxyl groups excluding tert-OH is 1. The Balaban J connectivity index is 1.95. The second-order valence-corrected chi connectivity index (χ2v) is 12.0. The lowest BCUT2D eigenvalue weighted by molar-refractivity contribution is 0.0830. The Morgan fingerprint density at radius 2 is 1.97 bits per heavy atom. The summed E-state index contributed by atoms with van der Waals surface area (Å²) in [6.07, 6.45) is 0.0902. The first kappa shape index (κ1) is 29.4. The van der Waals surface area contributed by atoms with Crippen molar-refractivity contribution in [2.24, 2.45) is 11.8 Å². The van der Waals surface area contributed by atoms with Crippen molar-refractivity contribution in [2.45, 2.75) is 51.2 Å². The van der Waals surface area contributed by atoms with E-state index in [1.165, 1.54) is 33.5 Å². The van der Waals surface area contributed by atoms with E-state index in [-0.39, 0.29) is 41.9 Å². The van der Waals surface area contributed by atoms with Gasteiger partial charge in [-0.05, 0) is 43.2 Å². The minimum absolute atomic E-state index is 0.0254. The van der Waals surface area contributed by atoms with E-state index >= 15 is 0 Å². The van der Waals surface area contributed by atoms with E-state index in [0.717, 1.165) is 0 Å². The molecule has 0 bridgehead atoms. The van der Waals surface area contributed by atoms with Crippen LogP contribution in [0.25, 0.3) is 0 Å². The van der Waals surface area contributed by atoms with Crippen molar-refractivity contribution in [3.63, 3.8) is 0 Å². The minimum atomic E-state index is -3.99. The fourth-order valence-electron chi connectivity index (χ4n) is 4.00. The molecule has 0 aliphatic carbocycles. The lowest BCUT2D eigenvalue weighted by Crippen LogP contribution is -2.50. The second-order valence-electron chi connectivity index (χ2n) is 10.1. The molecule has 0 unspecified atom stereocenters. The molecule has 8 nitrogen and oxygen atoms in total. The number of amides is 2. The van der Waals surface area contributed by atoms with Crippen LogP contribution in [0, 0.1) is 29.5 Å². The van der Waals surface area contributed by atoms with Crippen molar-refractivity contribution >= 4 is 21.7 Å². The molecule has 3 rings (SSSR count). The standard InChI is InChI=1S/C28H36FN3O5S/c1-19(2)9-8-10-22-13-14-27-25(15-22)37-26(20(3)16-32(21(4)18-33)38(27,35)36)17-31(5)28(34)30-24-12-7-6-11-23(24)29/h6-7,11-15,19-21,26,33H,9,16-18H2,1-5H3,(H,30,34)/t20-,21+,26-/m0/s1. The Bertz CT molecular complexity index is 1310. The predicted octanol–water partition coefficient (Wildman–Crippen LogP) is 4.16. The molecule has 0 aromatic heterocycles. The van der Waals surface area contributed by atoms with Crippen LogP contribution in [0.2, 0.25) is 0 Å². The average Bonchev–Trinajstić information content (AvgIpc) is 2.86. The molecule has 0 saturated heterocycles. The maximum absolute atomic E-state index is 14.0. The third kappa shape index (κ3) is 7.04. The molecule has 0 fully saturated rings. The summed E-state index contributed by atoms with van der Waals surface area (Å²) >= 11 is 0. The van der Waals surface area contributed by atoms with Crippen LogP contribution in [0.5, 0.6) is 5.75 Å². The number of urea groups is 1. The number of hydrogen-bond acceptors (Lipinski definition) is 5. The van der Waals surface area contributed by atoms with Gasteiger partial charge in [-0.1, -0.05) is 44.7 Å². The van der Waals surface area contributed by atoms with Crippen LogP contribution in [-0.4, -0.2) is 67.7 Å². The second kappa shape index (κ2) is 12.6. The number of para-hydroxylation sites is 1. The monoisotopic (exact) mass is 545 g/mol. The van der Waals surface area contributed by atoms with Crippen molar-refractivity contribution in [2.75, 3.05) is 32.1 Å². The number of nitrogens with zero attached hydrogens (tertiary/aromatic N) is 2. The summed E-state index contributed by atoms with van der Waals surface area (Å²) in [5.41, 5.74) is 0.666. The summed E-state index contributed by atoms with van der Waals surface area (Å²) in [6.45, 7) is 7.42. The Morgan fingerprint density at radius 1 is 1.26 bits per heavy atom. The Morgan fingerprint density at radius 3 is 2.63 bits per heavy atom. The van der Waals surface area contributed by atoms with Gasteiger partial charge in [-0.3, -0.25) is 0 Å². The van der Waals surface area contributed by atoms with E-state index in [1.807, 2.05) is 6.92 Å². The van der Waals surface area contributed by atoms with Gasteiger partial charge in [-0.15, -0.1) is 0 Å². The van der Waals surface area contributed by atoms with Crippen LogP contribution in [0.4, 0.5) is 14.9 Å². The summed E-state index contributed by atoms with van der Waals surface area (Å²) in [5, 5.41) is 12.4. The highest BCUT2D eigenvalue weighted by Crippen LogP contribution is 2.34. The molecule has 1 aliphatic heterocycles. The van der Waals surface area contributed by atoms with E-state index in [1.54, 1.807) is 32.2 Å². The molecule has 1 heterocycles. The maximum atomic E-state index is 14.0. The number of carbonyl (C=O) groups is 1. The zero-order valence-corrected chi connectivity index (χ0v) is 23.3. The summed E-state index contributed by atoms with van der Waals surface area (Å²) in [5.74, 6) is 5.79. The summed E-state index contributed by atoms with van der Waals surface area (Å²) in [6, 6.07) is 9.40. The van der Waals surface area contributed by atoms with Crippen LogP contribution < -0.4 is 10.1 Å². The van der Waals surface area contributed by atoms with Crippen LogP contribution >= 0.6 is 0 Å². The highest BCUT2D eigenvalue weighted by atomic mass is 32.2. The number of halogens is 1. The number of rotatable bonds is 6. The number of ether oxygens (including phenoxy) is 1. The molecule has 2 N–H and O–H groups in total. The van der Waals surface area contributed by atoms with Gasteiger partial charge < -0.3 is 20.1 Å². The van der Waals surface area contributed by atoms with Gasteiger partial charge in [-0.25, -0.2) is 17.6 Å². The highest BCUT2D eigenvalue weighted by Gasteiger charge is 2.38. The van der Waals surface area contributed by atoms with Gasteiger partial charge in [0.05, 0.1) is 18.8 Å². The van der Waals surface area contributed by atoms with Crippen molar-refractivity contribution in [3.05, 3.63) is 53.8 Å². The molecular weight excluding hydrogens is 509 g/mol. The van der Waals surface area contributed by atoms with Gasteiger partial charge in [-0.2, -0.15) is 4.31 Å². The molecule has 10 heteroatoms. The van der Waals surface area contributed by atoms with E-state index in [0.29, 0.717) is 17.9 Å². The first-order valence-corrected chi connectivity index (χ1v) is 14.1. The smallest absolute Gasteiger partial charge is 0.321 e. The van der Waals surface area contributed by atoms with Gasteiger partial charge in [0.15, 0.2) is 0 Å². The Kier molecular flexibility index (Phi) is 9.77. The molecule has 206 valence electrons. The molecule has 0 radical (unpaired) electrons. The number of fused-ring (bicyclic) bond motifs is 1. The van der Waals surface area contributed by atoms with Gasteiger partial charge in [0, 0.05) is 37.5 Å². The predicted molar refractivity (Wildman–Crippen MR) is 145 cm³/mol. The lowest BCUT2D eigenvalue weighted by atomic mass is 10.0. The molecule has 2 aromatic carbocycles. The third-order valence-electron chi connectivity index (χ3n) is 6.33. The van der Waals surface area contributed by atoms with Crippen molar-refractivity contribution in [1.82, 2.24) is 9.21 Å². The first-order valence-electron chi connectivity index (χ1n) is 12.6. The van der Waals surface area contributed by atoms with Crippen molar-refractivity contribution < 1.29 is 27.4 Å². The van der Waals surface area contributed by atoms with Crippen LogP contribution in [0.1, 0.15) is 39.7 Å². The summed E-state index contributed by atoms with van der Waals surface area (Å²) in [4.78, 5) is 14.2. The topological polar surface area (TPSA) is 99.2 Å². The third-order valence-corrected chi connectivity index (χ3v) is 8.35. The molecule has 38 heavy (non-hydrogen) atoms. The zero-order valence-electron chi connectivity index (χ0n) is 22.4. The number of nitrogens with one attached hydrogen (secondary N) is 1. The number of anilines is 1. The Hall–Kier alpha value is -3.13. The first-order chi connectivity index (χ1) is 17.9. The van der Waals surface area contributed by atoms with E-state index in [4.69, 9.17) is 4.74 Å². The molecule has 1 aliphatic rings. The maximum Gasteiger partial charge on any atom is 0.321 e. The van der Waals surface area contributed by atoms with E-state index in [2.05, 4.69) is 31.0 Å². The normalized spacial score (nSPS) is 19.7. The molecule has 0 saturated carbocycles. The van der Waals surface area contributed by atoms with Gasteiger partial charge in [0.2, 0.25) is 10.0 Å². The number of hydrogen-bond donors (Lipinski definition) is 2. The fourth-order valence-corrected chi connectivity index (χ4v) is 5.83. The quantitative estimate of drug-likeness (QED) is 0.532. The zero-order chi connectivity index (χ0) is 28.0. The molecule has 2 amide bonds. The summed E-state index contributed by atoms with van der Waals surface area (Å²) in [7, 11) is -2.43. The van der Waals surface area contributed by atoms with Crippen molar-refractivity contribution in [1.29, 1.82) is 0 Å². The largest absolute Gasteiger partial charge is 0.487 e. The molecule has 0 spiro atoms.